The topological polar surface area (TPSA) is 3.24 Å². The first-order valence-electron chi connectivity index (χ1n) is 18.7. The molecule has 1 heteroatoms. The minimum absolute atomic E-state index is 0.427. The van der Waals surface area contributed by atoms with Gasteiger partial charge in [-0.2, -0.15) is 0 Å². The van der Waals surface area contributed by atoms with Crippen LogP contribution in [0.1, 0.15) is 46.2 Å². The second kappa shape index (κ2) is 11.4. The highest BCUT2D eigenvalue weighted by Crippen LogP contribution is 2.64. The van der Waals surface area contributed by atoms with Crippen LogP contribution in [0.3, 0.4) is 0 Å². The Labute approximate surface area is 305 Å². The molecule has 0 aromatic heterocycles. The molecule has 3 aliphatic carbocycles. The number of rotatable bonds is 4. The van der Waals surface area contributed by atoms with Crippen LogP contribution in [0.15, 0.2) is 176 Å². The van der Waals surface area contributed by atoms with Crippen molar-refractivity contribution in [1.29, 1.82) is 0 Å². The third-order valence-electron chi connectivity index (χ3n) is 12.1. The molecule has 8 aromatic carbocycles. The lowest BCUT2D eigenvalue weighted by molar-refractivity contribution is 0.687. The number of hydrogen-bond acceptors (Lipinski definition) is 1. The first-order chi connectivity index (χ1) is 25.8. The number of fused-ring (bicyclic) bond motifs is 12. The smallest absolute Gasteiger partial charge is 0.0726 e. The van der Waals surface area contributed by atoms with E-state index in [0.29, 0.717) is 0 Å². The fraction of sp³-hybridized carbons (Fsp3) is 0.0980. The number of para-hydroxylation sites is 1. The van der Waals surface area contributed by atoms with Crippen LogP contribution in [-0.4, -0.2) is 0 Å². The molecule has 11 rings (SSSR count). The molecule has 0 saturated carbocycles. The van der Waals surface area contributed by atoms with Crippen LogP contribution < -0.4 is 4.90 Å². The number of nitrogens with zero attached hydrogens (tertiary/aromatic N) is 1. The van der Waals surface area contributed by atoms with E-state index < -0.39 is 5.41 Å². The molecule has 0 amide bonds. The van der Waals surface area contributed by atoms with Gasteiger partial charge in [0.15, 0.2) is 0 Å². The Morgan fingerprint density at radius 1 is 0.385 bits per heavy atom. The second-order valence-corrected chi connectivity index (χ2v) is 14.6. The van der Waals surface area contributed by atoms with Crippen LogP contribution >= 0.6 is 0 Å². The highest BCUT2D eigenvalue weighted by atomic mass is 15.1. The van der Waals surface area contributed by atoms with Crippen molar-refractivity contribution in [2.45, 2.75) is 31.1 Å². The second-order valence-electron chi connectivity index (χ2n) is 14.6. The van der Waals surface area contributed by atoms with Crippen LogP contribution in [0, 0.1) is 0 Å². The van der Waals surface area contributed by atoms with Crippen molar-refractivity contribution in [3.63, 3.8) is 0 Å². The maximum Gasteiger partial charge on any atom is 0.0726 e. The highest BCUT2D eigenvalue weighted by molar-refractivity contribution is 6.04. The van der Waals surface area contributed by atoms with E-state index >= 15 is 0 Å². The molecular weight excluding hydrogens is 627 g/mol. The van der Waals surface area contributed by atoms with Gasteiger partial charge in [-0.1, -0.05) is 146 Å². The SMILES string of the molecule is c1ccc(N(c2cc3c(cc2-c2cccc4c2CCCC4)-c2ccccc2C32c3ccccc3-c3ccccc32)c2cccc3ccccc23)cc1. The molecule has 1 spiro atoms. The molecule has 0 heterocycles. The molecule has 3 aliphatic rings. The van der Waals surface area contributed by atoms with E-state index in [4.69, 9.17) is 0 Å². The molecule has 0 bridgehead atoms. The van der Waals surface area contributed by atoms with E-state index in [9.17, 15) is 0 Å². The van der Waals surface area contributed by atoms with E-state index in [1.54, 1.807) is 0 Å². The molecule has 0 saturated heterocycles. The largest absolute Gasteiger partial charge is 0.309 e. The van der Waals surface area contributed by atoms with Gasteiger partial charge in [0.05, 0.1) is 16.8 Å². The van der Waals surface area contributed by atoms with Gasteiger partial charge in [0.1, 0.15) is 0 Å². The molecule has 0 aliphatic heterocycles. The molecule has 52 heavy (non-hydrogen) atoms. The van der Waals surface area contributed by atoms with Gasteiger partial charge in [-0.25, -0.2) is 0 Å². The first-order valence-corrected chi connectivity index (χ1v) is 18.7. The summed E-state index contributed by atoms with van der Waals surface area (Å²) >= 11 is 0. The van der Waals surface area contributed by atoms with Crippen LogP contribution in [0.4, 0.5) is 17.1 Å². The normalized spacial score (nSPS) is 14.4. The number of benzene rings is 8. The minimum atomic E-state index is -0.427. The van der Waals surface area contributed by atoms with E-state index in [2.05, 4.69) is 181 Å². The Morgan fingerprint density at radius 2 is 0.962 bits per heavy atom. The quantitative estimate of drug-likeness (QED) is 0.181. The zero-order valence-electron chi connectivity index (χ0n) is 29.0. The summed E-state index contributed by atoms with van der Waals surface area (Å²) in [7, 11) is 0. The Kier molecular flexibility index (Phi) is 6.49. The van der Waals surface area contributed by atoms with Crippen molar-refractivity contribution in [3.05, 3.63) is 209 Å². The summed E-state index contributed by atoms with van der Waals surface area (Å²) in [5, 5.41) is 2.48. The van der Waals surface area contributed by atoms with E-state index in [1.165, 1.54) is 102 Å². The van der Waals surface area contributed by atoms with E-state index in [0.717, 1.165) is 18.5 Å². The third kappa shape index (κ3) is 4.05. The summed E-state index contributed by atoms with van der Waals surface area (Å²) in [5.41, 5.74) is 19.6. The van der Waals surface area contributed by atoms with Gasteiger partial charge in [-0.3, -0.25) is 0 Å². The van der Waals surface area contributed by atoms with Gasteiger partial charge in [0.25, 0.3) is 0 Å². The average Bonchev–Trinajstić information content (AvgIpc) is 3.68. The molecule has 0 radical (unpaired) electrons. The molecule has 8 aromatic rings. The van der Waals surface area contributed by atoms with Gasteiger partial charge in [0.2, 0.25) is 0 Å². The lowest BCUT2D eigenvalue weighted by atomic mass is 9.70. The van der Waals surface area contributed by atoms with Crippen molar-refractivity contribution in [2.75, 3.05) is 4.90 Å². The van der Waals surface area contributed by atoms with Gasteiger partial charge in [-0.15, -0.1) is 0 Å². The maximum absolute atomic E-state index is 2.58. The average molecular weight is 664 g/mol. The summed E-state index contributed by atoms with van der Waals surface area (Å²) in [5.74, 6) is 0. The molecular formula is C51H37N. The highest BCUT2D eigenvalue weighted by Gasteiger charge is 2.52. The van der Waals surface area contributed by atoms with Crippen molar-refractivity contribution >= 4 is 27.8 Å². The Morgan fingerprint density at radius 3 is 1.71 bits per heavy atom. The Hall–Kier alpha value is -6.18. The van der Waals surface area contributed by atoms with Gasteiger partial charge in [-0.05, 0) is 123 Å². The molecule has 0 atom stereocenters. The van der Waals surface area contributed by atoms with Crippen LogP contribution in [0.2, 0.25) is 0 Å². The maximum atomic E-state index is 2.58. The summed E-state index contributed by atoms with van der Waals surface area (Å²) in [6.45, 7) is 0. The molecule has 246 valence electrons. The predicted octanol–water partition coefficient (Wildman–Crippen LogP) is 13.2. The fourth-order valence-corrected chi connectivity index (χ4v) is 9.95. The molecule has 0 fully saturated rings. The lowest BCUT2D eigenvalue weighted by Crippen LogP contribution is -2.26. The fourth-order valence-electron chi connectivity index (χ4n) is 9.95. The molecule has 1 nitrogen and oxygen atoms in total. The number of hydrogen-bond donors (Lipinski definition) is 0. The van der Waals surface area contributed by atoms with Crippen LogP contribution in [0.5, 0.6) is 0 Å². The number of anilines is 3. The van der Waals surface area contributed by atoms with E-state index in [1.807, 2.05) is 0 Å². The first kappa shape index (κ1) is 29.5. The van der Waals surface area contributed by atoms with E-state index in [-0.39, 0.29) is 0 Å². The van der Waals surface area contributed by atoms with Gasteiger partial charge >= 0.3 is 0 Å². The summed E-state index contributed by atoms with van der Waals surface area (Å²) < 4.78 is 0. The minimum Gasteiger partial charge on any atom is -0.309 e. The van der Waals surface area contributed by atoms with Gasteiger partial charge < -0.3 is 4.90 Å². The number of aryl methyl sites for hydroxylation is 1. The monoisotopic (exact) mass is 663 g/mol. The van der Waals surface area contributed by atoms with Crippen LogP contribution in [-0.2, 0) is 18.3 Å². The van der Waals surface area contributed by atoms with Crippen molar-refractivity contribution < 1.29 is 0 Å². The predicted molar refractivity (Wildman–Crippen MR) is 217 cm³/mol. The Balaban J connectivity index is 1.31. The summed E-state index contributed by atoms with van der Waals surface area (Å²) in [6.07, 6.45) is 4.75. The van der Waals surface area contributed by atoms with Crippen LogP contribution in [0.25, 0.3) is 44.2 Å². The summed E-state index contributed by atoms with van der Waals surface area (Å²) in [6, 6.07) is 66.2. The zero-order valence-corrected chi connectivity index (χ0v) is 29.0. The lowest BCUT2D eigenvalue weighted by Gasteiger charge is -2.34. The van der Waals surface area contributed by atoms with Crippen molar-refractivity contribution in [2.24, 2.45) is 0 Å². The molecule has 0 N–H and O–H groups in total. The van der Waals surface area contributed by atoms with Crippen molar-refractivity contribution in [3.8, 4) is 33.4 Å². The standard InChI is InChI=1S/C51H37N/c1-2-20-36(21-3-1)52(49-31-15-19-35-17-5-7-23-38(35)49)50-33-48-43(32-44(50)39-27-14-18-34-16-4-6-22-37(34)39)42-26-10-13-30-47(42)51(48)45-28-11-8-24-40(45)41-25-9-12-29-46(41)51/h1-3,5,7-15,17-21,23-33H,4,6,16,22H2. The Bertz CT molecular complexity index is 2650. The van der Waals surface area contributed by atoms with Crippen molar-refractivity contribution in [1.82, 2.24) is 0 Å². The summed E-state index contributed by atoms with van der Waals surface area (Å²) in [4.78, 5) is 2.55. The van der Waals surface area contributed by atoms with Gasteiger partial charge in [0, 0.05) is 16.6 Å². The molecule has 0 unspecified atom stereocenters. The zero-order chi connectivity index (χ0) is 34.2. The third-order valence-corrected chi connectivity index (χ3v) is 12.1.